The molecule has 0 saturated heterocycles. The van der Waals surface area contributed by atoms with Crippen molar-refractivity contribution < 1.29 is 27.8 Å². The molecular formula is C19H15ClF2N2O4. The van der Waals surface area contributed by atoms with Crippen molar-refractivity contribution >= 4 is 29.3 Å². The van der Waals surface area contributed by atoms with Gasteiger partial charge in [-0.05, 0) is 42.0 Å². The van der Waals surface area contributed by atoms with Crippen LogP contribution in [-0.4, -0.2) is 26.7 Å². The molecule has 0 aliphatic rings. The first-order valence-electron chi connectivity index (χ1n) is 7.77. The van der Waals surface area contributed by atoms with Crippen molar-refractivity contribution in [2.24, 2.45) is 0 Å². The summed E-state index contributed by atoms with van der Waals surface area (Å²) in [5, 5.41) is 12.1. The summed E-state index contributed by atoms with van der Waals surface area (Å²) in [7, 11) is 2.76. The van der Waals surface area contributed by atoms with Crippen LogP contribution in [0.4, 0.5) is 14.5 Å². The number of hydrogen-bond donors (Lipinski definition) is 1. The predicted octanol–water partition coefficient (Wildman–Crippen LogP) is 4.50. The van der Waals surface area contributed by atoms with Gasteiger partial charge in [0.1, 0.15) is 17.4 Å². The molecule has 2 aromatic rings. The number of carbonyl (C=O) groups is 1. The summed E-state index contributed by atoms with van der Waals surface area (Å²) in [4.78, 5) is 12.3. The fourth-order valence-corrected chi connectivity index (χ4v) is 2.49. The van der Waals surface area contributed by atoms with Crippen LogP contribution in [-0.2, 0) is 4.79 Å². The Morgan fingerprint density at radius 2 is 1.82 bits per heavy atom. The number of ether oxygens (including phenoxy) is 3. The monoisotopic (exact) mass is 408 g/mol. The lowest BCUT2D eigenvalue weighted by atomic mass is 10.1. The number of nitrogens with one attached hydrogen (secondary N) is 1. The second-order valence-corrected chi connectivity index (χ2v) is 5.67. The van der Waals surface area contributed by atoms with Gasteiger partial charge in [-0.25, -0.2) is 0 Å². The average molecular weight is 409 g/mol. The number of anilines is 1. The van der Waals surface area contributed by atoms with Crippen LogP contribution in [0, 0.1) is 11.3 Å². The van der Waals surface area contributed by atoms with Gasteiger partial charge in [0.15, 0.2) is 11.5 Å². The Balaban J connectivity index is 2.26. The summed E-state index contributed by atoms with van der Waals surface area (Å²) in [6.07, 6.45) is 1.23. The number of nitrogens with zero attached hydrogens (tertiary/aromatic N) is 1. The van der Waals surface area contributed by atoms with Gasteiger partial charge in [0.2, 0.25) is 0 Å². The molecule has 0 saturated carbocycles. The predicted molar refractivity (Wildman–Crippen MR) is 99.8 cm³/mol. The van der Waals surface area contributed by atoms with Crippen LogP contribution in [0.15, 0.2) is 42.0 Å². The molecule has 2 aromatic carbocycles. The highest BCUT2D eigenvalue weighted by Crippen LogP contribution is 2.31. The maximum Gasteiger partial charge on any atom is 0.387 e. The molecule has 0 spiro atoms. The summed E-state index contributed by atoms with van der Waals surface area (Å²) < 4.78 is 39.4. The molecule has 28 heavy (non-hydrogen) atoms. The average Bonchev–Trinajstić information content (AvgIpc) is 2.66. The molecule has 9 heteroatoms. The third kappa shape index (κ3) is 5.34. The zero-order valence-corrected chi connectivity index (χ0v) is 15.6. The maximum absolute atomic E-state index is 12.5. The van der Waals surface area contributed by atoms with E-state index in [1.165, 1.54) is 44.6 Å². The number of nitriles is 1. The van der Waals surface area contributed by atoms with Gasteiger partial charge < -0.3 is 19.5 Å². The first-order valence-corrected chi connectivity index (χ1v) is 8.15. The topological polar surface area (TPSA) is 80.6 Å². The molecule has 1 N–H and O–H groups in total. The summed E-state index contributed by atoms with van der Waals surface area (Å²) in [6, 6.07) is 10.5. The molecule has 146 valence electrons. The van der Waals surface area contributed by atoms with Crippen LogP contribution in [0.3, 0.4) is 0 Å². The van der Waals surface area contributed by atoms with E-state index in [2.05, 4.69) is 10.1 Å². The van der Waals surface area contributed by atoms with E-state index in [1.807, 2.05) is 0 Å². The molecule has 0 radical (unpaired) electrons. The fraction of sp³-hybridized carbons (Fsp3) is 0.158. The number of halogens is 3. The first kappa shape index (κ1) is 21.0. The Labute approximate surface area is 164 Å². The normalized spacial score (nSPS) is 11.0. The molecule has 2 rings (SSSR count). The number of alkyl halides is 2. The van der Waals surface area contributed by atoms with Crippen molar-refractivity contribution in [3.05, 3.63) is 52.6 Å². The quantitative estimate of drug-likeness (QED) is 0.538. The van der Waals surface area contributed by atoms with Gasteiger partial charge >= 0.3 is 6.61 Å². The number of benzene rings is 2. The molecule has 0 aliphatic heterocycles. The van der Waals surface area contributed by atoms with Crippen LogP contribution in [0.1, 0.15) is 5.56 Å². The van der Waals surface area contributed by atoms with Gasteiger partial charge in [0, 0.05) is 5.69 Å². The molecule has 0 unspecified atom stereocenters. The molecule has 0 atom stereocenters. The molecular weight excluding hydrogens is 394 g/mol. The van der Waals surface area contributed by atoms with Gasteiger partial charge in [-0.2, -0.15) is 14.0 Å². The van der Waals surface area contributed by atoms with Gasteiger partial charge in [-0.15, -0.1) is 0 Å². The Bertz CT molecular complexity index is 942. The summed E-state index contributed by atoms with van der Waals surface area (Å²) >= 11 is 6.00. The van der Waals surface area contributed by atoms with Crippen molar-refractivity contribution in [3.8, 4) is 23.3 Å². The lowest BCUT2D eigenvalue weighted by Crippen LogP contribution is -2.13. The standard InChI is InChI=1S/C19H15ClF2N2O4/c1-26-15-6-4-13(9-14(15)20)24-18(25)12(10-23)7-11-3-5-16(27-2)17(8-11)28-19(21)22/h3-9,19H,1-2H3,(H,24,25)/b12-7+. The number of carbonyl (C=O) groups excluding carboxylic acids is 1. The van der Waals surface area contributed by atoms with E-state index in [1.54, 1.807) is 18.2 Å². The summed E-state index contributed by atoms with van der Waals surface area (Å²) in [5.41, 5.74) is 0.407. The third-order valence-electron chi connectivity index (χ3n) is 3.49. The van der Waals surface area contributed by atoms with E-state index in [9.17, 15) is 18.8 Å². The van der Waals surface area contributed by atoms with Crippen molar-refractivity contribution in [1.82, 2.24) is 0 Å². The van der Waals surface area contributed by atoms with Crippen molar-refractivity contribution in [1.29, 1.82) is 5.26 Å². The van der Waals surface area contributed by atoms with Gasteiger partial charge in [0.05, 0.1) is 19.2 Å². The minimum Gasteiger partial charge on any atom is -0.495 e. The molecule has 0 heterocycles. The summed E-state index contributed by atoms with van der Waals surface area (Å²) in [5.74, 6) is -0.393. The molecule has 0 aliphatic carbocycles. The Hall–Kier alpha value is -3.31. The summed E-state index contributed by atoms with van der Waals surface area (Å²) in [6.45, 7) is -3.05. The second-order valence-electron chi connectivity index (χ2n) is 5.26. The van der Waals surface area contributed by atoms with Crippen LogP contribution >= 0.6 is 11.6 Å². The molecule has 0 fully saturated rings. The number of rotatable bonds is 7. The molecule has 6 nitrogen and oxygen atoms in total. The van der Waals surface area contributed by atoms with Gasteiger partial charge in [-0.1, -0.05) is 17.7 Å². The van der Waals surface area contributed by atoms with E-state index in [-0.39, 0.29) is 22.1 Å². The Morgan fingerprint density at radius 3 is 2.39 bits per heavy atom. The van der Waals surface area contributed by atoms with Crippen molar-refractivity contribution in [3.63, 3.8) is 0 Å². The minimum absolute atomic E-state index is 0.0910. The zero-order chi connectivity index (χ0) is 20.7. The number of amides is 1. The van der Waals surface area contributed by atoms with E-state index in [0.717, 1.165) is 0 Å². The van der Waals surface area contributed by atoms with Crippen LogP contribution < -0.4 is 19.5 Å². The van der Waals surface area contributed by atoms with E-state index < -0.39 is 12.5 Å². The molecule has 0 aromatic heterocycles. The second kappa shape index (κ2) is 9.58. The van der Waals surface area contributed by atoms with Crippen molar-refractivity contribution in [2.75, 3.05) is 19.5 Å². The van der Waals surface area contributed by atoms with E-state index >= 15 is 0 Å². The van der Waals surface area contributed by atoms with Crippen LogP contribution in [0.25, 0.3) is 6.08 Å². The van der Waals surface area contributed by atoms with Crippen LogP contribution in [0.2, 0.25) is 5.02 Å². The number of methoxy groups -OCH3 is 2. The number of hydrogen-bond acceptors (Lipinski definition) is 5. The van der Waals surface area contributed by atoms with Gasteiger partial charge in [-0.3, -0.25) is 4.79 Å². The largest absolute Gasteiger partial charge is 0.495 e. The lowest BCUT2D eigenvalue weighted by molar-refractivity contribution is -0.112. The lowest BCUT2D eigenvalue weighted by Gasteiger charge is -2.10. The van der Waals surface area contributed by atoms with E-state index in [0.29, 0.717) is 17.0 Å². The highest BCUT2D eigenvalue weighted by molar-refractivity contribution is 6.32. The Morgan fingerprint density at radius 1 is 1.14 bits per heavy atom. The first-order chi connectivity index (χ1) is 13.4. The third-order valence-corrected chi connectivity index (χ3v) is 3.78. The molecule has 1 amide bonds. The highest BCUT2D eigenvalue weighted by atomic mass is 35.5. The minimum atomic E-state index is -3.05. The van der Waals surface area contributed by atoms with Gasteiger partial charge in [0.25, 0.3) is 5.91 Å². The molecule has 0 bridgehead atoms. The van der Waals surface area contributed by atoms with Crippen molar-refractivity contribution in [2.45, 2.75) is 6.61 Å². The maximum atomic E-state index is 12.5. The fourth-order valence-electron chi connectivity index (χ4n) is 2.23. The van der Waals surface area contributed by atoms with Crippen LogP contribution in [0.5, 0.6) is 17.2 Å². The Kier molecular flexibility index (Phi) is 7.18. The zero-order valence-electron chi connectivity index (χ0n) is 14.8. The highest BCUT2D eigenvalue weighted by Gasteiger charge is 2.14. The smallest absolute Gasteiger partial charge is 0.387 e. The SMILES string of the molecule is COc1ccc(NC(=O)/C(C#N)=C/c2ccc(OC)c(OC(F)F)c2)cc1Cl. The van der Waals surface area contributed by atoms with E-state index in [4.69, 9.17) is 21.1 Å².